The Balaban J connectivity index is 0.857. The molecular weight excluding hydrogens is 669 g/mol. The van der Waals surface area contributed by atoms with Crippen LogP contribution >= 0.6 is 0 Å². The molecule has 1 aromatic carbocycles. The van der Waals surface area contributed by atoms with Crippen LogP contribution in [-0.2, 0) is 9.59 Å². The van der Waals surface area contributed by atoms with Crippen LogP contribution in [0.2, 0.25) is 0 Å². The Morgan fingerprint density at radius 1 is 0.811 bits per heavy atom. The van der Waals surface area contributed by atoms with Crippen LogP contribution in [0.5, 0.6) is 0 Å². The van der Waals surface area contributed by atoms with E-state index in [1.807, 2.05) is 24.4 Å². The first-order valence-electron chi connectivity index (χ1n) is 19.3. The van der Waals surface area contributed by atoms with E-state index < -0.39 is 0 Å². The topological polar surface area (TPSA) is 142 Å². The zero-order chi connectivity index (χ0) is 36.6. The number of pyridine rings is 2. The van der Waals surface area contributed by atoms with E-state index in [1.54, 1.807) is 17.7 Å². The largest absolute Gasteiger partial charge is 0.371 e. The Hall–Kier alpha value is -4.97. The van der Waals surface area contributed by atoms with Gasteiger partial charge < -0.3 is 15.1 Å². The average molecular weight is 717 g/mol. The highest BCUT2D eigenvalue weighted by Crippen LogP contribution is 2.34. The SMILES string of the molecule is CC(=O)c1c(C)c2cnc(Nc3ccc(C4CCN(C5CCN(c6ccc(C7CCC(=O)NC7=O)cc6)CC5)CC4)cn3)nc2n(C2CCCC2)c1=O. The fourth-order valence-electron chi connectivity index (χ4n) is 9.16. The van der Waals surface area contributed by atoms with E-state index in [0.29, 0.717) is 47.8 Å². The van der Waals surface area contributed by atoms with Gasteiger partial charge in [0.2, 0.25) is 17.8 Å². The van der Waals surface area contributed by atoms with E-state index in [0.717, 1.165) is 88.5 Å². The molecule has 3 aliphatic heterocycles. The molecule has 8 rings (SSSR count). The van der Waals surface area contributed by atoms with Gasteiger partial charge in [0.1, 0.15) is 11.5 Å². The third kappa shape index (κ3) is 7.08. The number of amides is 2. The highest BCUT2D eigenvalue weighted by Gasteiger charge is 2.31. The van der Waals surface area contributed by atoms with Gasteiger partial charge in [-0.25, -0.2) is 9.97 Å². The van der Waals surface area contributed by atoms with E-state index in [1.165, 1.54) is 18.2 Å². The van der Waals surface area contributed by atoms with Crippen LogP contribution in [-0.4, -0.2) is 74.2 Å². The van der Waals surface area contributed by atoms with Crippen LogP contribution < -0.4 is 21.1 Å². The summed E-state index contributed by atoms with van der Waals surface area (Å²) >= 11 is 0. The van der Waals surface area contributed by atoms with Gasteiger partial charge in [0, 0.05) is 55.1 Å². The lowest BCUT2D eigenvalue weighted by Gasteiger charge is -2.42. The van der Waals surface area contributed by atoms with Gasteiger partial charge in [-0.1, -0.05) is 31.0 Å². The van der Waals surface area contributed by atoms with Crippen molar-refractivity contribution < 1.29 is 14.4 Å². The molecule has 2 N–H and O–H groups in total. The van der Waals surface area contributed by atoms with Gasteiger partial charge in [0.25, 0.3) is 5.56 Å². The zero-order valence-electron chi connectivity index (χ0n) is 30.6. The number of carbonyl (C=O) groups excluding carboxylic acids is 3. The first kappa shape index (κ1) is 35.1. The van der Waals surface area contributed by atoms with Crippen molar-refractivity contribution in [1.29, 1.82) is 0 Å². The summed E-state index contributed by atoms with van der Waals surface area (Å²) in [4.78, 5) is 69.0. The van der Waals surface area contributed by atoms with Crippen molar-refractivity contribution >= 4 is 46.1 Å². The average Bonchev–Trinajstić information content (AvgIpc) is 3.70. The third-order valence-electron chi connectivity index (χ3n) is 12.2. The van der Waals surface area contributed by atoms with E-state index in [4.69, 9.17) is 9.97 Å². The Morgan fingerprint density at radius 2 is 1.53 bits per heavy atom. The molecule has 1 atom stereocenters. The monoisotopic (exact) mass is 716 g/mol. The van der Waals surface area contributed by atoms with Crippen molar-refractivity contribution in [2.24, 2.45) is 0 Å². The molecule has 4 fully saturated rings. The van der Waals surface area contributed by atoms with Crippen LogP contribution in [0.4, 0.5) is 17.5 Å². The number of aromatic nitrogens is 4. The number of aryl methyl sites for hydroxylation is 1. The summed E-state index contributed by atoms with van der Waals surface area (Å²) in [6.07, 6.45) is 13.0. The molecule has 12 nitrogen and oxygen atoms in total. The molecular formula is C41H48N8O4. The maximum Gasteiger partial charge on any atom is 0.263 e. The lowest BCUT2D eigenvalue weighted by molar-refractivity contribution is -0.134. The molecule has 53 heavy (non-hydrogen) atoms. The van der Waals surface area contributed by atoms with Crippen LogP contribution in [0.1, 0.15) is 116 Å². The first-order chi connectivity index (χ1) is 25.7. The van der Waals surface area contributed by atoms with Gasteiger partial charge >= 0.3 is 0 Å². The molecule has 6 heterocycles. The second-order valence-electron chi connectivity index (χ2n) is 15.3. The van der Waals surface area contributed by atoms with Gasteiger partial charge in [0.15, 0.2) is 5.78 Å². The predicted molar refractivity (Wildman–Crippen MR) is 204 cm³/mol. The number of piperidine rings is 3. The summed E-state index contributed by atoms with van der Waals surface area (Å²) < 4.78 is 1.73. The van der Waals surface area contributed by atoms with Gasteiger partial charge in [-0.2, -0.15) is 4.98 Å². The summed E-state index contributed by atoms with van der Waals surface area (Å²) in [5.41, 5.74) is 4.59. The van der Waals surface area contributed by atoms with Crippen LogP contribution in [0.3, 0.4) is 0 Å². The molecule has 1 unspecified atom stereocenters. The third-order valence-corrected chi connectivity index (χ3v) is 12.2. The van der Waals surface area contributed by atoms with E-state index >= 15 is 0 Å². The summed E-state index contributed by atoms with van der Waals surface area (Å²) in [5.74, 6) is 0.646. The van der Waals surface area contributed by atoms with Crippen molar-refractivity contribution in [3.63, 3.8) is 0 Å². The molecule has 276 valence electrons. The number of Topliss-reactive ketones (excluding diaryl/α,β-unsaturated/α-hetero) is 1. The van der Waals surface area contributed by atoms with Crippen molar-refractivity contribution in [1.82, 2.24) is 29.7 Å². The minimum atomic E-state index is -0.256. The summed E-state index contributed by atoms with van der Waals surface area (Å²) in [6.45, 7) is 7.44. The van der Waals surface area contributed by atoms with E-state index in [2.05, 4.69) is 43.6 Å². The number of hydrogen-bond acceptors (Lipinski definition) is 10. The van der Waals surface area contributed by atoms with Gasteiger partial charge in [-0.15, -0.1) is 0 Å². The van der Waals surface area contributed by atoms with Crippen molar-refractivity contribution in [2.75, 3.05) is 36.4 Å². The minimum Gasteiger partial charge on any atom is -0.371 e. The highest BCUT2D eigenvalue weighted by atomic mass is 16.2. The molecule has 4 aromatic rings. The number of ketones is 1. The Kier molecular flexibility index (Phi) is 9.80. The number of likely N-dealkylation sites (tertiary alicyclic amines) is 1. The number of rotatable bonds is 8. The summed E-state index contributed by atoms with van der Waals surface area (Å²) in [7, 11) is 0. The minimum absolute atomic E-state index is 0.0288. The summed E-state index contributed by atoms with van der Waals surface area (Å²) in [6, 6.07) is 13.1. The fourth-order valence-corrected chi connectivity index (χ4v) is 9.16. The lowest BCUT2D eigenvalue weighted by Crippen LogP contribution is -2.47. The molecule has 3 saturated heterocycles. The number of anilines is 3. The predicted octanol–water partition coefficient (Wildman–Crippen LogP) is 5.92. The molecule has 2 amide bonds. The second-order valence-corrected chi connectivity index (χ2v) is 15.3. The first-order valence-corrected chi connectivity index (χ1v) is 19.3. The molecule has 3 aromatic heterocycles. The Morgan fingerprint density at radius 3 is 2.19 bits per heavy atom. The van der Waals surface area contributed by atoms with Crippen molar-refractivity contribution in [3.8, 4) is 0 Å². The number of fused-ring (bicyclic) bond motifs is 1. The standard InChI is InChI=1S/C41H48N8O4/c1-25-34-24-43-41(46-38(34)49(32-5-3-4-6-32)40(53)37(25)26(2)50)44-35-13-9-29(23-42-35)27-15-19-47(20-16-27)31-17-21-48(22-18-31)30-10-7-28(8-11-30)33-12-14-36(51)45-39(33)52/h7-11,13,23-24,27,31-33H,3-6,12,14-22H2,1-2H3,(H,45,51,52)(H,42,43,44,46). The number of imide groups is 1. The molecule has 1 aliphatic carbocycles. The number of nitrogens with one attached hydrogen (secondary N) is 2. The van der Waals surface area contributed by atoms with Crippen LogP contribution in [0.15, 0.2) is 53.6 Å². The lowest BCUT2D eigenvalue weighted by atomic mass is 9.88. The number of benzene rings is 1. The maximum atomic E-state index is 13.6. The smallest absolute Gasteiger partial charge is 0.263 e. The Bertz CT molecular complexity index is 2070. The molecule has 1 saturated carbocycles. The molecule has 0 radical (unpaired) electrons. The van der Waals surface area contributed by atoms with Crippen LogP contribution in [0.25, 0.3) is 11.0 Å². The summed E-state index contributed by atoms with van der Waals surface area (Å²) in [5, 5.41) is 6.44. The highest BCUT2D eigenvalue weighted by molar-refractivity contribution is 6.01. The fraction of sp³-hybridized carbons (Fsp3) is 0.488. The van der Waals surface area contributed by atoms with E-state index in [-0.39, 0.29) is 40.7 Å². The van der Waals surface area contributed by atoms with Gasteiger partial charge in [-0.05, 0) is 113 Å². The van der Waals surface area contributed by atoms with Crippen LogP contribution in [0, 0.1) is 6.92 Å². The normalized spacial score (nSPS) is 20.9. The second kappa shape index (κ2) is 14.8. The van der Waals surface area contributed by atoms with Crippen molar-refractivity contribution in [3.05, 3.63) is 81.4 Å². The number of hydrogen-bond donors (Lipinski definition) is 2. The van der Waals surface area contributed by atoms with E-state index in [9.17, 15) is 19.2 Å². The molecule has 0 spiro atoms. The molecule has 12 heteroatoms. The van der Waals surface area contributed by atoms with Gasteiger partial charge in [-0.3, -0.25) is 29.1 Å². The number of carbonyl (C=O) groups is 3. The zero-order valence-corrected chi connectivity index (χ0v) is 30.6. The molecule has 0 bridgehead atoms. The number of nitrogens with zero attached hydrogens (tertiary/aromatic N) is 6. The maximum absolute atomic E-state index is 13.6. The van der Waals surface area contributed by atoms with Crippen molar-refractivity contribution in [2.45, 2.75) is 102 Å². The van der Waals surface area contributed by atoms with Gasteiger partial charge in [0.05, 0.1) is 11.5 Å². The molecule has 4 aliphatic rings. The Labute approximate surface area is 309 Å². The quantitative estimate of drug-likeness (QED) is 0.167.